The second kappa shape index (κ2) is 8.16. The Hall–Kier alpha value is -4.58. The lowest BCUT2D eigenvalue weighted by atomic mass is 9.90. The van der Waals surface area contributed by atoms with Crippen LogP contribution in [-0.2, 0) is 11.3 Å². The molecule has 0 saturated carbocycles. The molecule has 0 bridgehead atoms. The molecule has 0 aliphatic carbocycles. The number of carbonyl (C=O) groups is 2. The summed E-state index contributed by atoms with van der Waals surface area (Å²) < 4.78 is 0. The maximum absolute atomic E-state index is 12.7. The molecule has 4 N–H and O–H groups in total. The maximum atomic E-state index is 12.7. The summed E-state index contributed by atoms with van der Waals surface area (Å²) in [5.74, 6) is -1.33. The van der Waals surface area contributed by atoms with E-state index in [2.05, 4.69) is 10.6 Å². The van der Waals surface area contributed by atoms with Crippen LogP contribution in [0.3, 0.4) is 0 Å². The Kier molecular flexibility index (Phi) is 5.03. The summed E-state index contributed by atoms with van der Waals surface area (Å²) in [4.78, 5) is 25.1. The first kappa shape index (κ1) is 20.3. The van der Waals surface area contributed by atoms with Crippen LogP contribution in [0.15, 0.2) is 85.1 Å². The highest BCUT2D eigenvalue weighted by Gasteiger charge is 2.27. The Balaban J connectivity index is 1.53. The SMILES string of the molecule is O=C1NC(=O)c2ccc(-c3cccc4ccccc34)cc2C1=CNCc1ccc(O)c(O)c1. The van der Waals surface area contributed by atoms with Gasteiger partial charge in [0.2, 0.25) is 0 Å². The van der Waals surface area contributed by atoms with E-state index in [0.29, 0.717) is 23.2 Å². The molecule has 1 aliphatic heterocycles. The van der Waals surface area contributed by atoms with E-state index in [4.69, 9.17) is 0 Å². The predicted octanol–water partition coefficient (Wildman–Crippen LogP) is 4.32. The topological polar surface area (TPSA) is 98.7 Å². The van der Waals surface area contributed by atoms with E-state index in [1.54, 1.807) is 18.3 Å². The minimum Gasteiger partial charge on any atom is -0.504 e. The average Bonchev–Trinajstić information content (AvgIpc) is 2.82. The lowest BCUT2D eigenvalue weighted by Crippen LogP contribution is -2.37. The van der Waals surface area contributed by atoms with E-state index in [0.717, 1.165) is 27.5 Å². The number of imide groups is 1. The van der Waals surface area contributed by atoms with E-state index in [1.165, 1.54) is 12.1 Å². The van der Waals surface area contributed by atoms with Gasteiger partial charge in [-0.2, -0.15) is 0 Å². The minimum atomic E-state index is -0.483. The Bertz CT molecular complexity index is 1450. The molecule has 0 fully saturated rings. The fourth-order valence-electron chi connectivity index (χ4n) is 4.06. The second-order valence-corrected chi connectivity index (χ2v) is 7.83. The Morgan fingerprint density at radius 1 is 0.758 bits per heavy atom. The summed E-state index contributed by atoms with van der Waals surface area (Å²) in [7, 11) is 0. The van der Waals surface area contributed by atoms with Gasteiger partial charge in [0.1, 0.15) is 0 Å². The normalized spacial score (nSPS) is 14.2. The molecule has 2 amide bonds. The van der Waals surface area contributed by atoms with Gasteiger partial charge in [-0.3, -0.25) is 14.9 Å². The molecule has 162 valence electrons. The predicted molar refractivity (Wildman–Crippen MR) is 126 cm³/mol. The minimum absolute atomic E-state index is 0.197. The number of hydrogen-bond donors (Lipinski definition) is 4. The quantitative estimate of drug-likeness (QED) is 0.217. The Morgan fingerprint density at radius 2 is 1.58 bits per heavy atom. The first-order valence-corrected chi connectivity index (χ1v) is 10.4. The van der Waals surface area contributed by atoms with Crippen LogP contribution in [0.1, 0.15) is 21.5 Å². The van der Waals surface area contributed by atoms with Gasteiger partial charge < -0.3 is 15.5 Å². The largest absolute Gasteiger partial charge is 0.504 e. The van der Waals surface area contributed by atoms with Crippen LogP contribution >= 0.6 is 0 Å². The molecule has 0 aromatic heterocycles. The lowest BCUT2D eigenvalue weighted by Gasteiger charge is -2.20. The van der Waals surface area contributed by atoms with Gasteiger partial charge in [-0.25, -0.2) is 0 Å². The van der Waals surface area contributed by atoms with Gasteiger partial charge in [-0.15, -0.1) is 0 Å². The molecule has 4 aromatic rings. The van der Waals surface area contributed by atoms with Crippen molar-refractivity contribution in [1.29, 1.82) is 0 Å². The zero-order valence-corrected chi connectivity index (χ0v) is 17.5. The molecule has 0 spiro atoms. The number of fused-ring (bicyclic) bond motifs is 2. The lowest BCUT2D eigenvalue weighted by molar-refractivity contribution is -0.114. The number of hydrogen-bond acceptors (Lipinski definition) is 5. The van der Waals surface area contributed by atoms with Gasteiger partial charge >= 0.3 is 0 Å². The second-order valence-electron chi connectivity index (χ2n) is 7.83. The molecule has 1 heterocycles. The third kappa shape index (κ3) is 3.78. The van der Waals surface area contributed by atoms with Crippen LogP contribution < -0.4 is 10.6 Å². The zero-order valence-electron chi connectivity index (χ0n) is 17.5. The van der Waals surface area contributed by atoms with Crippen molar-refractivity contribution < 1.29 is 19.8 Å². The van der Waals surface area contributed by atoms with Gasteiger partial charge in [0.15, 0.2) is 11.5 Å². The van der Waals surface area contributed by atoms with Gasteiger partial charge in [0, 0.05) is 23.9 Å². The van der Waals surface area contributed by atoms with Crippen LogP contribution in [0, 0.1) is 0 Å². The Labute approximate surface area is 189 Å². The molecule has 0 radical (unpaired) electrons. The van der Waals surface area contributed by atoms with Crippen LogP contribution in [0.5, 0.6) is 11.5 Å². The molecule has 6 heteroatoms. The standard InChI is InChI=1S/C27H20N2O4/c30-24-11-8-16(12-25(24)31)14-28-15-23-22-13-18(9-10-21(22)26(32)29-27(23)33)20-7-3-5-17-4-1-2-6-19(17)20/h1-13,15,28,30-31H,14H2,(H,29,32,33). The summed E-state index contributed by atoms with van der Waals surface area (Å²) in [5.41, 5.74) is 3.96. The van der Waals surface area contributed by atoms with Gasteiger partial charge in [0.05, 0.1) is 5.57 Å². The summed E-state index contributed by atoms with van der Waals surface area (Å²) >= 11 is 0. The van der Waals surface area contributed by atoms with Gasteiger partial charge in [-0.1, -0.05) is 54.6 Å². The molecule has 0 saturated heterocycles. The molecule has 5 rings (SSSR count). The van der Waals surface area contributed by atoms with Crippen LogP contribution in [0.25, 0.3) is 27.5 Å². The van der Waals surface area contributed by atoms with Crippen molar-refractivity contribution in [2.45, 2.75) is 6.54 Å². The van der Waals surface area contributed by atoms with Crippen molar-refractivity contribution in [1.82, 2.24) is 10.6 Å². The number of amides is 2. The first-order chi connectivity index (χ1) is 16.0. The van der Waals surface area contributed by atoms with Gasteiger partial charge in [-0.05, 0) is 51.7 Å². The first-order valence-electron chi connectivity index (χ1n) is 10.4. The van der Waals surface area contributed by atoms with E-state index >= 15 is 0 Å². The Morgan fingerprint density at radius 3 is 2.42 bits per heavy atom. The zero-order chi connectivity index (χ0) is 22.9. The average molecular weight is 436 g/mol. The van der Waals surface area contributed by atoms with E-state index in [-0.39, 0.29) is 11.5 Å². The van der Waals surface area contributed by atoms with Crippen LogP contribution in [-0.4, -0.2) is 22.0 Å². The summed E-state index contributed by atoms with van der Waals surface area (Å²) in [6.45, 7) is 0.316. The maximum Gasteiger partial charge on any atom is 0.260 e. The van der Waals surface area contributed by atoms with Crippen molar-refractivity contribution >= 4 is 28.2 Å². The summed E-state index contributed by atoms with van der Waals surface area (Å²) in [5, 5.41) is 26.8. The summed E-state index contributed by atoms with van der Waals surface area (Å²) in [6, 6.07) is 24.1. The fraction of sp³-hybridized carbons (Fsp3) is 0.0370. The third-order valence-corrected chi connectivity index (χ3v) is 5.72. The highest BCUT2D eigenvalue weighted by Crippen LogP contribution is 2.33. The molecule has 0 atom stereocenters. The van der Waals surface area contributed by atoms with Crippen molar-refractivity contribution in [2.24, 2.45) is 0 Å². The number of aromatic hydroxyl groups is 2. The molecular weight excluding hydrogens is 416 g/mol. The summed E-state index contributed by atoms with van der Waals surface area (Å²) in [6.07, 6.45) is 1.57. The number of phenolic OH excluding ortho intramolecular Hbond substituents is 2. The van der Waals surface area contributed by atoms with E-state index in [9.17, 15) is 19.8 Å². The van der Waals surface area contributed by atoms with E-state index < -0.39 is 11.8 Å². The van der Waals surface area contributed by atoms with Crippen LogP contribution in [0.4, 0.5) is 0 Å². The monoisotopic (exact) mass is 436 g/mol. The highest BCUT2D eigenvalue weighted by atomic mass is 16.3. The molecule has 6 nitrogen and oxygen atoms in total. The van der Waals surface area contributed by atoms with Crippen molar-refractivity contribution in [3.8, 4) is 22.6 Å². The molecule has 0 unspecified atom stereocenters. The molecular formula is C27H20N2O4. The molecule has 1 aliphatic rings. The molecule has 33 heavy (non-hydrogen) atoms. The van der Waals surface area contributed by atoms with Crippen molar-refractivity contribution in [3.63, 3.8) is 0 Å². The highest BCUT2D eigenvalue weighted by molar-refractivity contribution is 6.31. The fourth-order valence-corrected chi connectivity index (χ4v) is 4.06. The number of nitrogens with one attached hydrogen (secondary N) is 2. The number of benzene rings is 4. The number of rotatable bonds is 4. The van der Waals surface area contributed by atoms with E-state index in [1.807, 2.05) is 54.6 Å². The number of phenols is 2. The van der Waals surface area contributed by atoms with Crippen molar-refractivity contribution in [2.75, 3.05) is 0 Å². The smallest absolute Gasteiger partial charge is 0.260 e. The van der Waals surface area contributed by atoms with Gasteiger partial charge in [0.25, 0.3) is 11.8 Å². The third-order valence-electron chi connectivity index (χ3n) is 5.72. The molecule has 4 aromatic carbocycles. The number of carbonyl (C=O) groups excluding carboxylic acids is 2. The van der Waals surface area contributed by atoms with Crippen molar-refractivity contribution in [3.05, 3.63) is 102 Å². The van der Waals surface area contributed by atoms with Crippen LogP contribution in [0.2, 0.25) is 0 Å².